The Morgan fingerprint density at radius 1 is 1.00 bits per heavy atom. The first-order valence-corrected chi connectivity index (χ1v) is 15.6. The molecule has 2 aromatic heterocycles. The minimum Gasteiger partial charge on any atom is -0.465 e. The van der Waals surface area contributed by atoms with Crippen LogP contribution in [0.3, 0.4) is 0 Å². The van der Waals surface area contributed by atoms with Crippen molar-refractivity contribution < 1.29 is 34.1 Å². The van der Waals surface area contributed by atoms with Gasteiger partial charge in [0, 0.05) is 23.4 Å². The Morgan fingerprint density at radius 2 is 1.70 bits per heavy atom. The summed E-state index contributed by atoms with van der Waals surface area (Å²) in [5, 5.41) is 36.6. The molecule has 1 unspecified atom stereocenters. The Bertz CT molecular complexity index is 1750. The van der Waals surface area contributed by atoms with Crippen molar-refractivity contribution in [2.45, 2.75) is 57.9 Å². The van der Waals surface area contributed by atoms with Crippen molar-refractivity contribution >= 4 is 40.1 Å². The van der Waals surface area contributed by atoms with Crippen molar-refractivity contribution in [2.24, 2.45) is 5.73 Å². The van der Waals surface area contributed by atoms with Crippen LogP contribution in [0.5, 0.6) is 0 Å². The molecular weight excluding hydrogens is 625 g/mol. The van der Waals surface area contributed by atoms with Gasteiger partial charge in [-0.05, 0) is 63.1 Å². The van der Waals surface area contributed by atoms with Gasteiger partial charge in [0.05, 0.1) is 29.0 Å². The lowest BCUT2D eigenvalue weighted by molar-refractivity contribution is -0.127. The van der Waals surface area contributed by atoms with E-state index in [9.17, 15) is 29.7 Å². The van der Waals surface area contributed by atoms with Gasteiger partial charge in [0.1, 0.15) is 22.7 Å². The summed E-state index contributed by atoms with van der Waals surface area (Å²) in [5.41, 5.74) is 4.93. The van der Waals surface area contributed by atoms with Crippen LogP contribution in [0.25, 0.3) is 10.4 Å². The highest BCUT2D eigenvalue weighted by Crippen LogP contribution is 2.38. The highest BCUT2D eigenvalue weighted by atomic mass is 32.1. The van der Waals surface area contributed by atoms with E-state index in [0.717, 1.165) is 21.8 Å². The molecule has 47 heavy (non-hydrogen) atoms. The number of carbonyl (C=O) groups excluding carboxylic acids is 2. The van der Waals surface area contributed by atoms with Crippen LogP contribution in [0.15, 0.2) is 72.8 Å². The average Bonchev–Trinajstić information content (AvgIpc) is 3.41. The Labute approximate surface area is 275 Å². The SMILES string of the molecule is CC(C)(O)CNC(=O)C(Cc1ccccc1)N(Cc1cccc(Nc2sc(-c3ccc(C(C)(C)O)cc3F)cc2C(N)=O)n1)C(=O)O. The van der Waals surface area contributed by atoms with Crippen LogP contribution in [0, 0.1) is 5.82 Å². The second-order valence-electron chi connectivity index (χ2n) is 12.3. The Balaban J connectivity index is 1.61. The fraction of sp³-hybridized carbons (Fsp3) is 0.294. The van der Waals surface area contributed by atoms with E-state index in [0.29, 0.717) is 21.1 Å². The van der Waals surface area contributed by atoms with Gasteiger partial charge < -0.3 is 31.7 Å². The number of aromatic nitrogens is 1. The Hall–Kier alpha value is -4.85. The summed E-state index contributed by atoms with van der Waals surface area (Å²) in [6, 6.07) is 18.5. The lowest BCUT2D eigenvalue weighted by Gasteiger charge is -2.29. The zero-order valence-electron chi connectivity index (χ0n) is 26.5. The molecule has 7 N–H and O–H groups in total. The fourth-order valence-corrected chi connectivity index (χ4v) is 5.83. The standard InChI is InChI=1S/C34H38FN5O6S/c1-33(2,45)19-37-30(42)26(15-20-9-6-5-7-10-20)40(32(43)44)18-22-11-8-12-28(38-22)39-31-24(29(36)41)17-27(47-31)23-14-13-21(16-25(23)35)34(3,4)46/h5-14,16-17,26,45-46H,15,18-19H2,1-4H3,(H2,36,41)(H,37,42)(H,38,39)(H,43,44). The first-order valence-electron chi connectivity index (χ1n) is 14.7. The van der Waals surface area contributed by atoms with Crippen LogP contribution in [0.4, 0.5) is 20.0 Å². The number of anilines is 2. The second kappa shape index (κ2) is 14.3. The topological polar surface area (TPSA) is 178 Å². The third-order valence-electron chi connectivity index (χ3n) is 7.21. The predicted molar refractivity (Wildman–Crippen MR) is 178 cm³/mol. The molecule has 0 fully saturated rings. The van der Waals surface area contributed by atoms with Crippen molar-refractivity contribution in [3.63, 3.8) is 0 Å². The van der Waals surface area contributed by atoms with Gasteiger partial charge in [-0.2, -0.15) is 0 Å². The minimum atomic E-state index is -1.35. The van der Waals surface area contributed by atoms with E-state index in [4.69, 9.17) is 5.73 Å². The van der Waals surface area contributed by atoms with Gasteiger partial charge in [0.25, 0.3) is 5.91 Å². The van der Waals surface area contributed by atoms with E-state index < -0.39 is 41.0 Å². The van der Waals surface area contributed by atoms with E-state index in [2.05, 4.69) is 15.6 Å². The number of primary amides is 1. The quantitative estimate of drug-likeness (QED) is 0.116. The number of nitrogens with two attached hydrogens (primary N) is 1. The van der Waals surface area contributed by atoms with Crippen molar-refractivity contribution in [1.29, 1.82) is 0 Å². The molecule has 0 saturated heterocycles. The molecule has 0 saturated carbocycles. The number of benzene rings is 2. The lowest BCUT2D eigenvalue weighted by Crippen LogP contribution is -2.52. The van der Waals surface area contributed by atoms with Crippen LogP contribution < -0.4 is 16.4 Å². The highest BCUT2D eigenvalue weighted by Gasteiger charge is 2.31. The number of carboxylic acid groups (broad SMARTS) is 1. The van der Waals surface area contributed by atoms with Crippen LogP contribution in [-0.4, -0.2) is 61.3 Å². The van der Waals surface area contributed by atoms with E-state index >= 15 is 4.39 Å². The summed E-state index contributed by atoms with van der Waals surface area (Å²) in [7, 11) is 0. The highest BCUT2D eigenvalue weighted by molar-refractivity contribution is 7.20. The van der Waals surface area contributed by atoms with E-state index in [1.165, 1.54) is 32.0 Å². The fourth-order valence-electron chi connectivity index (χ4n) is 4.74. The van der Waals surface area contributed by atoms with Gasteiger partial charge in [0.2, 0.25) is 5.91 Å². The molecule has 3 amide bonds. The number of aliphatic hydroxyl groups is 2. The zero-order valence-corrected chi connectivity index (χ0v) is 27.3. The molecule has 13 heteroatoms. The molecule has 0 aliphatic carbocycles. The summed E-state index contributed by atoms with van der Waals surface area (Å²) < 4.78 is 15.1. The van der Waals surface area contributed by atoms with Crippen LogP contribution in [0.2, 0.25) is 0 Å². The smallest absolute Gasteiger partial charge is 0.408 e. The van der Waals surface area contributed by atoms with Gasteiger partial charge in [-0.1, -0.05) is 48.5 Å². The number of rotatable bonds is 13. The van der Waals surface area contributed by atoms with Gasteiger partial charge in [-0.15, -0.1) is 11.3 Å². The van der Waals surface area contributed by atoms with Crippen molar-refractivity contribution in [1.82, 2.24) is 15.2 Å². The van der Waals surface area contributed by atoms with Gasteiger partial charge in [0.15, 0.2) is 0 Å². The number of nitrogens with one attached hydrogen (secondary N) is 2. The molecule has 0 aliphatic heterocycles. The molecule has 0 bridgehead atoms. The maximum atomic E-state index is 15.1. The maximum absolute atomic E-state index is 15.1. The molecule has 0 spiro atoms. The largest absolute Gasteiger partial charge is 0.465 e. The number of nitrogens with zero attached hydrogens (tertiary/aromatic N) is 2. The number of carbonyl (C=O) groups is 3. The minimum absolute atomic E-state index is 0.0794. The Morgan fingerprint density at radius 3 is 2.30 bits per heavy atom. The molecule has 2 heterocycles. The maximum Gasteiger partial charge on any atom is 0.408 e. The van der Waals surface area contributed by atoms with Crippen LogP contribution in [0.1, 0.15) is 54.9 Å². The van der Waals surface area contributed by atoms with Crippen molar-refractivity contribution in [3.8, 4) is 10.4 Å². The van der Waals surface area contributed by atoms with Gasteiger partial charge >= 0.3 is 6.09 Å². The van der Waals surface area contributed by atoms with Gasteiger partial charge in [-0.25, -0.2) is 14.2 Å². The molecule has 248 valence electrons. The summed E-state index contributed by atoms with van der Waals surface area (Å²) in [6.07, 6.45) is -1.27. The first kappa shape index (κ1) is 35.0. The predicted octanol–water partition coefficient (Wildman–Crippen LogP) is 5.00. The molecule has 11 nitrogen and oxygen atoms in total. The molecule has 0 aliphatic rings. The second-order valence-corrected chi connectivity index (χ2v) is 13.3. The van der Waals surface area contributed by atoms with Crippen LogP contribution >= 0.6 is 11.3 Å². The number of hydrogen-bond acceptors (Lipinski definition) is 8. The molecular formula is C34H38FN5O6S. The molecule has 1 atom stereocenters. The number of hydrogen-bond donors (Lipinski definition) is 6. The first-order chi connectivity index (χ1) is 22.0. The van der Waals surface area contributed by atoms with E-state index in [-0.39, 0.29) is 36.5 Å². The summed E-state index contributed by atoms with van der Waals surface area (Å²) in [4.78, 5) is 44.1. The molecule has 4 aromatic rings. The summed E-state index contributed by atoms with van der Waals surface area (Å²) >= 11 is 1.07. The van der Waals surface area contributed by atoms with Crippen LogP contribution in [-0.2, 0) is 23.4 Å². The van der Waals surface area contributed by atoms with E-state index in [1.807, 2.05) is 6.07 Å². The number of thiophene rings is 1. The number of halogens is 1. The molecule has 2 aromatic carbocycles. The van der Waals surface area contributed by atoms with Crippen molar-refractivity contribution in [3.05, 3.63) is 101 Å². The monoisotopic (exact) mass is 663 g/mol. The Kier molecular flexibility index (Phi) is 10.6. The van der Waals surface area contributed by atoms with Crippen molar-refractivity contribution in [2.75, 3.05) is 11.9 Å². The number of pyridine rings is 1. The normalized spacial score (nSPS) is 12.3. The van der Waals surface area contributed by atoms with E-state index in [1.54, 1.807) is 62.4 Å². The number of amides is 3. The van der Waals surface area contributed by atoms with Gasteiger partial charge in [-0.3, -0.25) is 14.5 Å². The molecule has 0 radical (unpaired) electrons. The summed E-state index contributed by atoms with van der Waals surface area (Å²) in [6.45, 7) is 5.82. The molecule has 4 rings (SSSR count). The summed E-state index contributed by atoms with van der Waals surface area (Å²) in [5.74, 6) is -1.66. The average molecular weight is 664 g/mol. The lowest BCUT2D eigenvalue weighted by atomic mass is 9.96. The third-order valence-corrected chi connectivity index (χ3v) is 8.29. The third kappa shape index (κ3) is 9.35. The zero-order chi connectivity index (χ0) is 34.5.